The van der Waals surface area contributed by atoms with E-state index in [1.807, 2.05) is 0 Å². The van der Waals surface area contributed by atoms with Gasteiger partial charge in [-0.25, -0.2) is 27.0 Å². The number of methoxy groups -OCH3 is 1. The van der Waals surface area contributed by atoms with E-state index in [1.165, 1.54) is 38.4 Å². The first-order valence-electron chi connectivity index (χ1n) is 11.5. The van der Waals surface area contributed by atoms with Crippen LogP contribution in [0.15, 0.2) is 48.5 Å². The Morgan fingerprint density at radius 2 is 1.68 bits per heavy atom. The number of amides is 1. The third-order valence-corrected chi connectivity index (χ3v) is 5.55. The Balaban J connectivity index is 1.80. The normalized spacial score (nSPS) is 12.3. The summed E-state index contributed by atoms with van der Waals surface area (Å²) in [5.41, 5.74) is -0.661. The molecule has 1 atom stereocenters. The number of hydrogen-bond donors (Lipinski definition) is 1. The van der Waals surface area contributed by atoms with Gasteiger partial charge in [0.15, 0.2) is 0 Å². The molecule has 1 N–H and O–H groups in total. The van der Waals surface area contributed by atoms with Gasteiger partial charge in [-0.05, 0) is 48.9 Å². The number of ether oxygens (including phenoxy) is 3. The first-order valence-corrected chi connectivity index (χ1v) is 11.5. The van der Waals surface area contributed by atoms with Crippen molar-refractivity contribution in [3.8, 4) is 11.6 Å². The predicted octanol–water partition coefficient (Wildman–Crippen LogP) is 5.56. The number of rotatable bonds is 11. The zero-order valence-corrected chi connectivity index (χ0v) is 21.1. The van der Waals surface area contributed by atoms with E-state index in [1.54, 1.807) is 19.1 Å². The van der Waals surface area contributed by atoms with Crippen LogP contribution in [0.2, 0.25) is 0 Å². The van der Waals surface area contributed by atoms with Crippen molar-refractivity contribution in [1.29, 1.82) is 0 Å². The first kappa shape index (κ1) is 28.6. The Labute approximate surface area is 216 Å². The van der Waals surface area contributed by atoms with Gasteiger partial charge in [0, 0.05) is 26.6 Å². The number of aromatic nitrogens is 2. The molecule has 0 saturated carbocycles. The second kappa shape index (κ2) is 12.1. The minimum atomic E-state index is -3.08. The van der Waals surface area contributed by atoms with Gasteiger partial charge < -0.3 is 19.5 Å². The Hall–Kier alpha value is -3.93. The van der Waals surface area contributed by atoms with E-state index in [2.05, 4.69) is 10.4 Å². The predicted molar refractivity (Wildman–Crippen MR) is 129 cm³/mol. The lowest BCUT2D eigenvalue weighted by Crippen LogP contribution is -2.27. The molecule has 0 aliphatic rings. The molecule has 38 heavy (non-hydrogen) atoms. The number of halogens is 4. The molecule has 8 nitrogen and oxygen atoms in total. The number of nitrogens with zero attached hydrogens (tertiary/aromatic N) is 2. The third kappa shape index (κ3) is 6.88. The van der Waals surface area contributed by atoms with Crippen molar-refractivity contribution in [2.75, 3.05) is 20.3 Å². The zero-order chi connectivity index (χ0) is 28.0. The highest BCUT2D eigenvalue weighted by atomic mass is 19.3. The molecule has 0 spiro atoms. The molecule has 0 unspecified atom stereocenters. The van der Waals surface area contributed by atoms with Gasteiger partial charge in [0.05, 0.1) is 18.2 Å². The van der Waals surface area contributed by atoms with Gasteiger partial charge >= 0.3 is 5.97 Å². The molecule has 204 valence electrons. The minimum absolute atomic E-state index is 0.0527. The van der Waals surface area contributed by atoms with Crippen LogP contribution in [-0.4, -0.2) is 42.0 Å². The van der Waals surface area contributed by atoms with Crippen LogP contribution in [0.25, 0.3) is 0 Å². The molecular weight excluding hydrogens is 510 g/mol. The molecule has 0 aliphatic heterocycles. The monoisotopic (exact) mass is 537 g/mol. The fourth-order valence-electron chi connectivity index (χ4n) is 3.50. The lowest BCUT2D eigenvalue weighted by molar-refractivity contribution is 0.0174. The topological polar surface area (TPSA) is 91.7 Å². The van der Waals surface area contributed by atoms with Crippen molar-refractivity contribution in [2.24, 2.45) is 7.05 Å². The number of alkyl halides is 4. The molecule has 0 saturated heterocycles. The van der Waals surface area contributed by atoms with Gasteiger partial charge in [-0.2, -0.15) is 5.10 Å². The molecule has 12 heteroatoms. The van der Waals surface area contributed by atoms with Crippen molar-refractivity contribution in [1.82, 2.24) is 15.1 Å². The average Bonchev–Trinajstić information content (AvgIpc) is 3.20. The van der Waals surface area contributed by atoms with Crippen molar-refractivity contribution in [2.45, 2.75) is 32.2 Å². The van der Waals surface area contributed by atoms with Gasteiger partial charge in [0.2, 0.25) is 5.88 Å². The minimum Gasteiger partial charge on any atom is -0.460 e. The number of carbonyl (C=O) groups excluding carboxylic acids is 2. The van der Waals surface area contributed by atoms with Crippen LogP contribution >= 0.6 is 0 Å². The summed E-state index contributed by atoms with van der Waals surface area (Å²) in [6, 6.07) is 10.3. The molecule has 0 fully saturated rings. The average molecular weight is 538 g/mol. The SMILES string of the molecule is COCCOC(=O)c1ccc([C@H](C)NC(=O)c2c(C(F)F)nn(C)c2Oc2ccc(C(C)(F)F)cc2)cc1. The van der Waals surface area contributed by atoms with E-state index < -0.39 is 41.5 Å². The van der Waals surface area contributed by atoms with Gasteiger partial charge in [-0.15, -0.1) is 0 Å². The molecular formula is C26H27F4N3O5. The second-order valence-electron chi connectivity index (χ2n) is 8.45. The number of nitrogens with one attached hydrogen (secondary N) is 1. The first-order chi connectivity index (χ1) is 17.9. The molecule has 0 aliphatic carbocycles. The lowest BCUT2D eigenvalue weighted by atomic mass is 10.1. The molecule has 0 bridgehead atoms. The molecule has 2 aromatic carbocycles. The zero-order valence-electron chi connectivity index (χ0n) is 21.1. The highest BCUT2D eigenvalue weighted by Crippen LogP contribution is 2.34. The molecule has 1 heterocycles. The summed E-state index contributed by atoms with van der Waals surface area (Å²) in [4.78, 5) is 25.2. The van der Waals surface area contributed by atoms with Gasteiger partial charge in [-0.1, -0.05) is 12.1 Å². The van der Waals surface area contributed by atoms with Crippen molar-refractivity contribution in [3.63, 3.8) is 0 Å². The van der Waals surface area contributed by atoms with Crippen molar-refractivity contribution >= 4 is 11.9 Å². The maximum Gasteiger partial charge on any atom is 0.338 e. The van der Waals surface area contributed by atoms with Crippen LogP contribution in [0.3, 0.4) is 0 Å². The molecule has 3 rings (SSSR count). The lowest BCUT2D eigenvalue weighted by Gasteiger charge is -2.16. The number of esters is 1. The highest BCUT2D eigenvalue weighted by Gasteiger charge is 2.31. The smallest absolute Gasteiger partial charge is 0.338 e. The number of benzene rings is 2. The summed E-state index contributed by atoms with van der Waals surface area (Å²) in [7, 11) is 2.80. The van der Waals surface area contributed by atoms with Crippen LogP contribution in [0.4, 0.5) is 17.6 Å². The summed E-state index contributed by atoms with van der Waals surface area (Å²) < 4.78 is 71.0. The second-order valence-corrected chi connectivity index (χ2v) is 8.45. The van der Waals surface area contributed by atoms with Crippen molar-refractivity contribution < 1.29 is 41.4 Å². The van der Waals surface area contributed by atoms with Crippen LogP contribution < -0.4 is 10.1 Å². The summed E-state index contributed by atoms with van der Waals surface area (Å²) in [5, 5.41) is 6.36. The quantitative estimate of drug-likeness (QED) is 0.196. The fourth-order valence-corrected chi connectivity index (χ4v) is 3.50. The van der Waals surface area contributed by atoms with E-state index >= 15 is 0 Å². The summed E-state index contributed by atoms with van der Waals surface area (Å²) in [6.07, 6.45) is -3.08. The van der Waals surface area contributed by atoms with Gasteiger partial charge in [0.25, 0.3) is 18.3 Å². The van der Waals surface area contributed by atoms with E-state index in [9.17, 15) is 27.2 Å². The van der Waals surface area contributed by atoms with Gasteiger partial charge in [0.1, 0.15) is 23.6 Å². The van der Waals surface area contributed by atoms with E-state index in [0.29, 0.717) is 5.56 Å². The van der Waals surface area contributed by atoms with Gasteiger partial charge in [-0.3, -0.25) is 4.79 Å². The molecule has 3 aromatic rings. The van der Waals surface area contributed by atoms with Crippen LogP contribution in [0.1, 0.15) is 63.9 Å². The Kier molecular flexibility index (Phi) is 9.10. The maximum absolute atomic E-state index is 13.7. The van der Waals surface area contributed by atoms with E-state index in [4.69, 9.17) is 14.2 Å². The fraction of sp³-hybridized carbons (Fsp3) is 0.346. The molecule has 1 aromatic heterocycles. The molecule has 1 amide bonds. The largest absolute Gasteiger partial charge is 0.460 e. The Morgan fingerprint density at radius 1 is 1.05 bits per heavy atom. The standard InChI is InChI=1S/C26H27F4N3O5/c1-15(16-5-7-17(8-6-16)25(35)37-14-13-36-4)31-23(34)20-21(22(27)28)32-33(3)24(20)38-19-11-9-18(10-12-19)26(2,29)30/h5-12,15,22H,13-14H2,1-4H3,(H,31,34)/t15-/m0/s1. The highest BCUT2D eigenvalue weighted by molar-refractivity contribution is 5.98. The third-order valence-electron chi connectivity index (χ3n) is 5.55. The maximum atomic E-state index is 13.7. The Bertz CT molecular complexity index is 1260. The van der Waals surface area contributed by atoms with Crippen LogP contribution in [0.5, 0.6) is 11.6 Å². The van der Waals surface area contributed by atoms with E-state index in [-0.39, 0.29) is 36.0 Å². The number of aryl methyl sites for hydroxylation is 1. The summed E-state index contributed by atoms with van der Waals surface area (Å²) in [5.74, 6) is -4.72. The number of carbonyl (C=O) groups is 2. The number of hydrogen-bond acceptors (Lipinski definition) is 6. The molecule has 0 radical (unpaired) electrons. The van der Waals surface area contributed by atoms with Crippen LogP contribution in [-0.2, 0) is 22.4 Å². The van der Waals surface area contributed by atoms with Crippen molar-refractivity contribution in [3.05, 3.63) is 76.5 Å². The van der Waals surface area contributed by atoms with E-state index in [0.717, 1.165) is 23.7 Å². The summed E-state index contributed by atoms with van der Waals surface area (Å²) >= 11 is 0. The summed E-state index contributed by atoms with van der Waals surface area (Å²) in [6.45, 7) is 2.73. The Morgan fingerprint density at radius 3 is 2.24 bits per heavy atom. The van der Waals surface area contributed by atoms with Crippen LogP contribution in [0, 0.1) is 0 Å².